The number of ether oxygens (including phenoxy) is 1. The van der Waals surface area contributed by atoms with Crippen LogP contribution >= 0.6 is 0 Å². The van der Waals surface area contributed by atoms with Crippen molar-refractivity contribution >= 4 is 29.4 Å². The van der Waals surface area contributed by atoms with E-state index in [1.165, 1.54) is 18.2 Å². The fourth-order valence-corrected chi connectivity index (χ4v) is 3.77. The summed E-state index contributed by atoms with van der Waals surface area (Å²) in [7, 11) is 0. The van der Waals surface area contributed by atoms with Crippen molar-refractivity contribution in [3.8, 4) is 0 Å². The predicted molar refractivity (Wildman–Crippen MR) is 114 cm³/mol. The molecule has 1 fully saturated rings. The van der Waals surface area contributed by atoms with Gasteiger partial charge in [-0.15, -0.1) is 0 Å². The summed E-state index contributed by atoms with van der Waals surface area (Å²) in [5.41, 5.74) is 2.75. The SMILES string of the molecule is Cc1ccc(C)c(N2C(=O)c3ccc(C(=O)OCC(=O)N[C@H](C)C4CC4)cc3C2=O)c1. The first kappa shape index (κ1) is 20.8. The van der Waals surface area contributed by atoms with Crippen molar-refractivity contribution in [2.75, 3.05) is 11.5 Å². The number of anilines is 1. The molecule has 1 heterocycles. The van der Waals surface area contributed by atoms with E-state index in [4.69, 9.17) is 4.74 Å². The molecule has 1 atom stereocenters. The Balaban J connectivity index is 1.48. The standard InChI is InChI=1S/C24H24N2O5/c1-13-4-5-14(2)20(10-13)26-22(28)18-9-8-17(11-19(18)23(26)29)24(30)31-12-21(27)25-15(3)16-6-7-16/h4-5,8-11,15-16H,6-7,12H2,1-3H3,(H,25,27)/t15-/m1/s1. The minimum Gasteiger partial charge on any atom is -0.452 e. The van der Waals surface area contributed by atoms with Crippen LogP contribution < -0.4 is 10.2 Å². The van der Waals surface area contributed by atoms with Gasteiger partial charge in [0, 0.05) is 6.04 Å². The van der Waals surface area contributed by atoms with Gasteiger partial charge in [0.25, 0.3) is 17.7 Å². The number of esters is 1. The highest BCUT2D eigenvalue weighted by Gasteiger charge is 2.38. The summed E-state index contributed by atoms with van der Waals surface area (Å²) >= 11 is 0. The van der Waals surface area contributed by atoms with Crippen LogP contribution in [0.25, 0.3) is 0 Å². The van der Waals surface area contributed by atoms with Crippen LogP contribution in [-0.2, 0) is 9.53 Å². The molecule has 7 heteroatoms. The van der Waals surface area contributed by atoms with Crippen molar-refractivity contribution in [2.45, 2.75) is 39.7 Å². The smallest absolute Gasteiger partial charge is 0.338 e. The number of carbonyl (C=O) groups excluding carboxylic acids is 4. The minimum absolute atomic E-state index is 0.0610. The highest BCUT2D eigenvalue weighted by molar-refractivity contribution is 6.35. The van der Waals surface area contributed by atoms with E-state index in [1.54, 1.807) is 6.07 Å². The van der Waals surface area contributed by atoms with Crippen molar-refractivity contribution in [3.63, 3.8) is 0 Å². The van der Waals surface area contributed by atoms with E-state index in [9.17, 15) is 19.2 Å². The maximum Gasteiger partial charge on any atom is 0.338 e. The summed E-state index contributed by atoms with van der Waals surface area (Å²) in [6.45, 7) is 5.25. The Morgan fingerprint density at radius 3 is 2.48 bits per heavy atom. The Bertz CT molecular complexity index is 1100. The van der Waals surface area contributed by atoms with E-state index in [1.807, 2.05) is 32.9 Å². The number of hydrogen-bond acceptors (Lipinski definition) is 5. The lowest BCUT2D eigenvalue weighted by molar-refractivity contribution is -0.125. The zero-order valence-electron chi connectivity index (χ0n) is 17.7. The van der Waals surface area contributed by atoms with Gasteiger partial charge in [0.2, 0.25) is 0 Å². The van der Waals surface area contributed by atoms with Crippen molar-refractivity contribution < 1.29 is 23.9 Å². The number of carbonyl (C=O) groups is 4. The largest absolute Gasteiger partial charge is 0.452 e. The summed E-state index contributed by atoms with van der Waals surface area (Å²) in [5, 5.41) is 2.82. The van der Waals surface area contributed by atoms with Crippen LogP contribution in [0.1, 0.15) is 62.0 Å². The van der Waals surface area contributed by atoms with Crippen LogP contribution in [-0.4, -0.2) is 36.3 Å². The van der Waals surface area contributed by atoms with Gasteiger partial charge >= 0.3 is 5.97 Å². The highest BCUT2D eigenvalue weighted by Crippen LogP contribution is 2.33. The zero-order valence-corrected chi connectivity index (χ0v) is 17.7. The Morgan fingerprint density at radius 2 is 1.77 bits per heavy atom. The third-order valence-electron chi connectivity index (χ3n) is 5.78. The van der Waals surface area contributed by atoms with Gasteiger partial charge in [0.15, 0.2) is 6.61 Å². The summed E-state index contributed by atoms with van der Waals surface area (Å²) < 4.78 is 5.10. The summed E-state index contributed by atoms with van der Waals surface area (Å²) in [4.78, 5) is 51.4. The second kappa shape index (κ2) is 7.98. The van der Waals surface area contributed by atoms with Crippen molar-refractivity contribution in [1.29, 1.82) is 0 Å². The Hall–Kier alpha value is -3.48. The molecule has 0 spiro atoms. The number of hydrogen-bond donors (Lipinski definition) is 1. The molecule has 3 amide bonds. The second-order valence-corrected chi connectivity index (χ2v) is 8.27. The molecule has 0 unspecified atom stereocenters. The molecule has 0 saturated heterocycles. The zero-order chi connectivity index (χ0) is 22.3. The first-order valence-corrected chi connectivity index (χ1v) is 10.3. The average Bonchev–Trinajstić information content (AvgIpc) is 3.56. The minimum atomic E-state index is -0.720. The van der Waals surface area contributed by atoms with Crippen molar-refractivity contribution in [3.05, 3.63) is 64.2 Å². The van der Waals surface area contributed by atoms with Crippen LogP contribution in [0, 0.1) is 19.8 Å². The van der Waals surface area contributed by atoms with E-state index >= 15 is 0 Å². The molecule has 1 aliphatic heterocycles. The van der Waals surface area contributed by atoms with Crippen LogP contribution in [0.15, 0.2) is 36.4 Å². The molecule has 160 valence electrons. The fourth-order valence-electron chi connectivity index (χ4n) is 3.77. The van der Waals surface area contributed by atoms with E-state index in [2.05, 4.69) is 5.32 Å². The van der Waals surface area contributed by atoms with Crippen LogP contribution in [0.5, 0.6) is 0 Å². The maximum absolute atomic E-state index is 13.0. The van der Waals surface area contributed by atoms with Gasteiger partial charge in [-0.05, 0) is 74.9 Å². The van der Waals surface area contributed by atoms with E-state index in [0.717, 1.165) is 28.9 Å². The molecular weight excluding hydrogens is 396 g/mol. The van der Waals surface area contributed by atoms with E-state index in [0.29, 0.717) is 11.6 Å². The number of nitrogens with one attached hydrogen (secondary N) is 1. The molecule has 1 saturated carbocycles. The number of amides is 3. The Labute approximate surface area is 180 Å². The molecule has 1 N–H and O–H groups in total. The number of aryl methyl sites for hydroxylation is 2. The van der Waals surface area contributed by atoms with Gasteiger partial charge in [-0.2, -0.15) is 0 Å². The molecule has 0 aromatic heterocycles. The van der Waals surface area contributed by atoms with Gasteiger partial charge < -0.3 is 10.1 Å². The van der Waals surface area contributed by atoms with Crippen molar-refractivity contribution in [1.82, 2.24) is 5.32 Å². The van der Waals surface area contributed by atoms with Crippen LogP contribution in [0.3, 0.4) is 0 Å². The number of rotatable bonds is 6. The maximum atomic E-state index is 13.0. The lowest BCUT2D eigenvalue weighted by Gasteiger charge is -2.17. The number of nitrogens with zero attached hydrogens (tertiary/aromatic N) is 1. The topological polar surface area (TPSA) is 92.8 Å². The normalized spacial score (nSPS) is 16.2. The number of fused-ring (bicyclic) bond motifs is 1. The lowest BCUT2D eigenvalue weighted by Crippen LogP contribution is -2.37. The quantitative estimate of drug-likeness (QED) is 0.572. The average molecular weight is 420 g/mol. The molecule has 2 aromatic rings. The van der Waals surface area contributed by atoms with Gasteiger partial charge in [0.1, 0.15) is 0 Å². The Kier molecular flexibility index (Phi) is 5.35. The van der Waals surface area contributed by atoms with Gasteiger partial charge in [-0.1, -0.05) is 12.1 Å². The molecule has 7 nitrogen and oxygen atoms in total. The van der Waals surface area contributed by atoms with Crippen LogP contribution in [0.4, 0.5) is 5.69 Å². The number of benzene rings is 2. The summed E-state index contributed by atoms with van der Waals surface area (Å²) in [5.74, 6) is -1.50. The van der Waals surface area contributed by atoms with Crippen LogP contribution in [0.2, 0.25) is 0 Å². The van der Waals surface area contributed by atoms with Gasteiger partial charge in [-0.3, -0.25) is 14.4 Å². The molecule has 1 aliphatic carbocycles. The lowest BCUT2D eigenvalue weighted by atomic mass is 10.1. The summed E-state index contributed by atoms with van der Waals surface area (Å²) in [6.07, 6.45) is 2.20. The van der Waals surface area contributed by atoms with E-state index < -0.39 is 24.4 Å². The fraction of sp³-hybridized carbons (Fsp3) is 0.333. The highest BCUT2D eigenvalue weighted by atomic mass is 16.5. The monoisotopic (exact) mass is 420 g/mol. The molecular formula is C24H24N2O5. The predicted octanol–water partition coefficient (Wildman–Crippen LogP) is 3.18. The Morgan fingerprint density at radius 1 is 1.06 bits per heavy atom. The molecule has 0 radical (unpaired) electrons. The van der Waals surface area contributed by atoms with Crippen molar-refractivity contribution in [2.24, 2.45) is 5.92 Å². The summed E-state index contributed by atoms with van der Waals surface area (Å²) in [6, 6.07) is 9.85. The van der Waals surface area contributed by atoms with E-state index in [-0.39, 0.29) is 28.6 Å². The third-order valence-corrected chi connectivity index (χ3v) is 5.78. The molecule has 31 heavy (non-hydrogen) atoms. The molecule has 2 aromatic carbocycles. The molecule has 0 bridgehead atoms. The first-order valence-electron chi connectivity index (χ1n) is 10.3. The van der Waals surface area contributed by atoms with Gasteiger partial charge in [-0.25, -0.2) is 9.69 Å². The number of imide groups is 1. The third kappa shape index (κ3) is 4.08. The van der Waals surface area contributed by atoms with Gasteiger partial charge in [0.05, 0.1) is 22.4 Å². The first-order chi connectivity index (χ1) is 14.8. The molecule has 2 aliphatic rings. The molecule has 4 rings (SSSR count). The second-order valence-electron chi connectivity index (χ2n) is 8.27.